The van der Waals surface area contributed by atoms with Crippen LogP contribution in [-0.2, 0) is 4.74 Å². The summed E-state index contributed by atoms with van der Waals surface area (Å²) in [5.74, 6) is 0. The largest absolute Gasteiger partial charge is 0.380 e. The van der Waals surface area contributed by atoms with Crippen molar-refractivity contribution in [3.8, 4) is 0 Å². The molecule has 4 nitrogen and oxygen atoms in total. The molecule has 0 bridgehead atoms. The SMILES string of the molecule is COC(C)CNC(CN)c1cnccc1C. The van der Waals surface area contributed by atoms with Gasteiger partial charge in [-0.05, 0) is 31.0 Å². The first-order valence-electron chi connectivity index (χ1n) is 5.55. The van der Waals surface area contributed by atoms with Crippen LogP contribution in [0.2, 0.25) is 0 Å². The summed E-state index contributed by atoms with van der Waals surface area (Å²) >= 11 is 0. The molecule has 2 atom stereocenters. The molecule has 16 heavy (non-hydrogen) atoms. The number of methoxy groups -OCH3 is 1. The van der Waals surface area contributed by atoms with Crippen LogP contribution in [0.25, 0.3) is 0 Å². The molecule has 90 valence electrons. The van der Waals surface area contributed by atoms with Crippen molar-refractivity contribution in [2.45, 2.75) is 26.0 Å². The number of aryl methyl sites for hydroxylation is 1. The number of rotatable bonds is 6. The summed E-state index contributed by atoms with van der Waals surface area (Å²) in [5.41, 5.74) is 8.14. The summed E-state index contributed by atoms with van der Waals surface area (Å²) < 4.78 is 5.19. The standard InChI is InChI=1S/C12H21N3O/c1-9-4-5-14-8-11(9)12(6-13)15-7-10(2)16-3/h4-5,8,10,12,15H,6-7,13H2,1-3H3. The highest BCUT2D eigenvalue weighted by Gasteiger charge is 2.12. The third-order valence-electron chi connectivity index (χ3n) is 2.74. The number of nitrogens with two attached hydrogens (primary N) is 1. The van der Waals surface area contributed by atoms with E-state index in [1.165, 1.54) is 5.56 Å². The second-order valence-corrected chi connectivity index (χ2v) is 3.98. The smallest absolute Gasteiger partial charge is 0.0667 e. The van der Waals surface area contributed by atoms with Crippen molar-refractivity contribution >= 4 is 0 Å². The van der Waals surface area contributed by atoms with Crippen molar-refractivity contribution in [2.75, 3.05) is 20.2 Å². The molecule has 1 heterocycles. The molecule has 1 aromatic heterocycles. The second kappa shape index (κ2) is 6.58. The van der Waals surface area contributed by atoms with Crippen LogP contribution < -0.4 is 11.1 Å². The predicted molar refractivity (Wildman–Crippen MR) is 65.2 cm³/mol. The van der Waals surface area contributed by atoms with Gasteiger partial charge in [-0.1, -0.05) is 0 Å². The van der Waals surface area contributed by atoms with Crippen molar-refractivity contribution in [3.63, 3.8) is 0 Å². The van der Waals surface area contributed by atoms with Gasteiger partial charge in [-0.3, -0.25) is 4.98 Å². The van der Waals surface area contributed by atoms with Crippen LogP contribution in [0.5, 0.6) is 0 Å². The number of pyridine rings is 1. The molecular formula is C12H21N3O. The second-order valence-electron chi connectivity index (χ2n) is 3.98. The van der Waals surface area contributed by atoms with Crippen LogP contribution in [0.1, 0.15) is 24.1 Å². The number of hydrogen-bond acceptors (Lipinski definition) is 4. The molecule has 1 rings (SSSR count). The highest BCUT2D eigenvalue weighted by Crippen LogP contribution is 2.14. The van der Waals surface area contributed by atoms with E-state index < -0.39 is 0 Å². The quantitative estimate of drug-likeness (QED) is 0.755. The van der Waals surface area contributed by atoms with Crippen molar-refractivity contribution in [1.29, 1.82) is 0 Å². The van der Waals surface area contributed by atoms with E-state index in [0.717, 1.165) is 12.1 Å². The van der Waals surface area contributed by atoms with E-state index in [9.17, 15) is 0 Å². The Labute approximate surface area is 97.2 Å². The molecule has 4 heteroatoms. The highest BCUT2D eigenvalue weighted by atomic mass is 16.5. The van der Waals surface area contributed by atoms with Crippen LogP contribution in [-0.4, -0.2) is 31.3 Å². The summed E-state index contributed by atoms with van der Waals surface area (Å²) in [6.07, 6.45) is 3.85. The van der Waals surface area contributed by atoms with E-state index in [1.807, 2.05) is 19.2 Å². The number of ether oxygens (including phenoxy) is 1. The average molecular weight is 223 g/mol. The number of hydrogen-bond donors (Lipinski definition) is 2. The Bertz CT molecular complexity index is 317. The van der Waals surface area contributed by atoms with Gasteiger partial charge in [-0.2, -0.15) is 0 Å². The summed E-state index contributed by atoms with van der Waals surface area (Å²) in [7, 11) is 1.71. The normalized spacial score (nSPS) is 14.8. The first-order chi connectivity index (χ1) is 7.69. The molecule has 2 unspecified atom stereocenters. The van der Waals surface area contributed by atoms with Crippen molar-refractivity contribution in [1.82, 2.24) is 10.3 Å². The summed E-state index contributed by atoms with van der Waals surface area (Å²) in [4.78, 5) is 4.13. The molecule has 0 aliphatic rings. The lowest BCUT2D eigenvalue weighted by molar-refractivity contribution is 0.114. The van der Waals surface area contributed by atoms with Gasteiger partial charge in [0, 0.05) is 38.6 Å². The lowest BCUT2D eigenvalue weighted by Crippen LogP contribution is -2.34. The fourth-order valence-electron chi connectivity index (χ4n) is 1.55. The number of nitrogens with one attached hydrogen (secondary N) is 1. The maximum atomic E-state index is 5.77. The molecule has 0 saturated carbocycles. The first kappa shape index (κ1) is 13.1. The number of nitrogens with zero attached hydrogens (tertiary/aromatic N) is 1. The zero-order valence-corrected chi connectivity index (χ0v) is 10.2. The minimum absolute atomic E-state index is 0.145. The molecule has 1 aromatic rings. The lowest BCUT2D eigenvalue weighted by Gasteiger charge is -2.20. The van der Waals surface area contributed by atoms with Gasteiger partial charge in [0.15, 0.2) is 0 Å². The van der Waals surface area contributed by atoms with E-state index in [0.29, 0.717) is 6.54 Å². The van der Waals surface area contributed by atoms with E-state index >= 15 is 0 Å². The van der Waals surface area contributed by atoms with Gasteiger partial charge in [0.05, 0.1) is 6.10 Å². The zero-order chi connectivity index (χ0) is 12.0. The molecule has 0 fully saturated rings. The van der Waals surface area contributed by atoms with Gasteiger partial charge in [0.1, 0.15) is 0 Å². The Morgan fingerprint density at radius 1 is 1.56 bits per heavy atom. The monoisotopic (exact) mass is 223 g/mol. The van der Waals surface area contributed by atoms with E-state index in [-0.39, 0.29) is 12.1 Å². The third kappa shape index (κ3) is 3.56. The molecule has 0 amide bonds. The van der Waals surface area contributed by atoms with Gasteiger partial charge in [0.25, 0.3) is 0 Å². The van der Waals surface area contributed by atoms with Crippen LogP contribution >= 0.6 is 0 Å². The topological polar surface area (TPSA) is 60.2 Å². The minimum Gasteiger partial charge on any atom is -0.380 e. The Kier molecular flexibility index (Phi) is 5.38. The Morgan fingerprint density at radius 3 is 2.88 bits per heavy atom. The predicted octanol–water partition coefficient (Wildman–Crippen LogP) is 1.01. The number of aromatic nitrogens is 1. The molecule has 3 N–H and O–H groups in total. The summed E-state index contributed by atoms with van der Waals surface area (Å²) in [6, 6.07) is 2.14. The molecule has 0 aliphatic carbocycles. The van der Waals surface area contributed by atoms with Gasteiger partial charge >= 0.3 is 0 Å². The minimum atomic E-state index is 0.145. The Hall–Kier alpha value is -0.970. The third-order valence-corrected chi connectivity index (χ3v) is 2.74. The molecule has 0 aliphatic heterocycles. The lowest BCUT2D eigenvalue weighted by atomic mass is 10.0. The Balaban J connectivity index is 2.64. The maximum Gasteiger partial charge on any atom is 0.0667 e. The average Bonchev–Trinajstić information content (AvgIpc) is 2.31. The van der Waals surface area contributed by atoms with Crippen molar-refractivity contribution in [3.05, 3.63) is 29.6 Å². The van der Waals surface area contributed by atoms with Gasteiger partial charge in [0.2, 0.25) is 0 Å². The van der Waals surface area contributed by atoms with E-state index in [2.05, 4.69) is 17.2 Å². The maximum absolute atomic E-state index is 5.77. The fourth-order valence-corrected chi connectivity index (χ4v) is 1.55. The van der Waals surface area contributed by atoms with Crippen LogP contribution in [0.4, 0.5) is 0 Å². The van der Waals surface area contributed by atoms with Crippen LogP contribution in [0.15, 0.2) is 18.5 Å². The molecule has 0 saturated heterocycles. The van der Waals surface area contributed by atoms with Crippen molar-refractivity contribution < 1.29 is 4.74 Å². The van der Waals surface area contributed by atoms with Gasteiger partial charge < -0.3 is 15.8 Å². The zero-order valence-electron chi connectivity index (χ0n) is 10.2. The molecule has 0 spiro atoms. The van der Waals surface area contributed by atoms with E-state index in [4.69, 9.17) is 10.5 Å². The van der Waals surface area contributed by atoms with Crippen LogP contribution in [0.3, 0.4) is 0 Å². The van der Waals surface area contributed by atoms with E-state index in [1.54, 1.807) is 13.3 Å². The molecule has 0 radical (unpaired) electrons. The Morgan fingerprint density at radius 2 is 2.31 bits per heavy atom. The molecular weight excluding hydrogens is 202 g/mol. The summed E-state index contributed by atoms with van der Waals surface area (Å²) in [6.45, 7) is 5.44. The fraction of sp³-hybridized carbons (Fsp3) is 0.583. The van der Waals surface area contributed by atoms with Crippen LogP contribution in [0, 0.1) is 6.92 Å². The first-order valence-corrected chi connectivity index (χ1v) is 5.55. The van der Waals surface area contributed by atoms with Gasteiger partial charge in [-0.15, -0.1) is 0 Å². The highest BCUT2D eigenvalue weighted by molar-refractivity contribution is 5.25. The summed E-state index contributed by atoms with van der Waals surface area (Å²) in [5, 5.41) is 3.39. The molecule has 0 aromatic carbocycles. The van der Waals surface area contributed by atoms with Crippen molar-refractivity contribution in [2.24, 2.45) is 5.73 Å². The van der Waals surface area contributed by atoms with Gasteiger partial charge in [-0.25, -0.2) is 0 Å².